The van der Waals surface area contributed by atoms with Crippen LogP contribution >= 0.6 is 0 Å². The zero-order valence-corrected chi connectivity index (χ0v) is 12.8. The first-order valence-electron chi connectivity index (χ1n) is 7.67. The molecule has 0 bridgehead atoms. The first kappa shape index (κ1) is 16.7. The fraction of sp³-hybridized carbons (Fsp3) is 0.588. The molecule has 0 fully saturated rings. The van der Waals surface area contributed by atoms with Gasteiger partial charge in [0.2, 0.25) is 5.91 Å². The monoisotopic (exact) mass is 277 g/mol. The normalized spacial score (nSPS) is 10.6. The maximum atomic E-state index is 12.2. The Morgan fingerprint density at radius 1 is 1.10 bits per heavy atom. The SMILES string of the molecule is CCCCc1ccc(CC(=O)N(CC)CCCO)cc1. The van der Waals surface area contributed by atoms with Crippen molar-refractivity contribution in [3.05, 3.63) is 35.4 Å². The number of carbonyl (C=O) groups excluding carboxylic acids is 1. The van der Waals surface area contributed by atoms with E-state index in [2.05, 4.69) is 31.2 Å². The second-order valence-electron chi connectivity index (χ2n) is 5.15. The quantitative estimate of drug-likeness (QED) is 0.754. The van der Waals surface area contributed by atoms with Crippen molar-refractivity contribution in [2.24, 2.45) is 0 Å². The lowest BCUT2D eigenvalue weighted by Crippen LogP contribution is -2.33. The lowest BCUT2D eigenvalue weighted by molar-refractivity contribution is -0.130. The third-order valence-corrected chi connectivity index (χ3v) is 3.52. The summed E-state index contributed by atoms with van der Waals surface area (Å²) in [4.78, 5) is 14.0. The van der Waals surface area contributed by atoms with E-state index in [9.17, 15) is 4.79 Å². The largest absolute Gasteiger partial charge is 0.396 e. The number of aliphatic hydroxyl groups excluding tert-OH is 1. The van der Waals surface area contributed by atoms with Crippen LogP contribution in [0, 0.1) is 0 Å². The molecular formula is C17H27NO2. The molecule has 0 saturated heterocycles. The number of amides is 1. The summed E-state index contributed by atoms with van der Waals surface area (Å²) in [6.07, 6.45) is 4.63. The standard InChI is InChI=1S/C17H27NO2/c1-3-5-7-15-8-10-16(11-9-15)14-17(20)18(4-2)12-6-13-19/h8-11,19H,3-7,12-14H2,1-2H3. The van der Waals surface area contributed by atoms with Crippen LogP contribution in [0.4, 0.5) is 0 Å². The summed E-state index contributed by atoms with van der Waals surface area (Å²) < 4.78 is 0. The van der Waals surface area contributed by atoms with Crippen LogP contribution in [-0.4, -0.2) is 35.6 Å². The fourth-order valence-electron chi connectivity index (χ4n) is 2.21. The van der Waals surface area contributed by atoms with Crippen LogP contribution in [0.2, 0.25) is 0 Å². The van der Waals surface area contributed by atoms with E-state index < -0.39 is 0 Å². The molecule has 0 unspecified atom stereocenters. The van der Waals surface area contributed by atoms with E-state index >= 15 is 0 Å². The molecule has 1 amide bonds. The average Bonchev–Trinajstić information content (AvgIpc) is 2.47. The van der Waals surface area contributed by atoms with Gasteiger partial charge in [-0.15, -0.1) is 0 Å². The molecule has 0 aromatic heterocycles. The van der Waals surface area contributed by atoms with Gasteiger partial charge in [-0.05, 0) is 37.3 Å². The smallest absolute Gasteiger partial charge is 0.226 e. The van der Waals surface area contributed by atoms with E-state index in [1.54, 1.807) is 4.90 Å². The number of likely N-dealkylation sites (N-methyl/N-ethyl adjacent to an activating group) is 1. The lowest BCUT2D eigenvalue weighted by atomic mass is 10.0. The lowest BCUT2D eigenvalue weighted by Gasteiger charge is -2.20. The van der Waals surface area contributed by atoms with Gasteiger partial charge in [-0.3, -0.25) is 4.79 Å². The second kappa shape index (κ2) is 9.54. The summed E-state index contributed by atoms with van der Waals surface area (Å²) in [5.41, 5.74) is 2.41. The molecule has 0 aliphatic carbocycles. The molecule has 0 spiro atoms. The van der Waals surface area contributed by atoms with Crippen LogP contribution in [0.15, 0.2) is 24.3 Å². The van der Waals surface area contributed by atoms with Gasteiger partial charge in [-0.25, -0.2) is 0 Å². The van der Waals surface area contributed by atoms with Gasteiger partial charge < -0.3 is 10.0 Å². The zero-order valence-electron chi connectivity index (χ0n) is 12.8. The number of hydrogen-bond acceptors (Lipinski definition) is 2. The summed E-state index contributed by atoms with van der Waals surface area (Å²) in [5.74, 6) is 0.141. The Morgan fingerprint density at radius 3 is 2.30 bits per heavy atom. The Bertz CT molecular complexity index is 386. The van der Waals surface area contributed by atoms with Gasteiger partial charge in [-0.1, -0.05) is 37.6 Å². The van der Waals surface area contributed by atoms with Crippen molar-refractivity contribution >= 4 is 5.91 Å². The number of hydrogen-bond donors (Lipinski definition) is 1. The predicted octanol–water partition coefficient (Wildman–Crippen LogP) is 2.80. The van der Waals surface area contributed by atoms with Crippen molar-refractivity contribution in [2.75, 3.05) is 19.7 Å². The number of aliphatic hydroxyl groups is 1. The molecular weight excluding hydrogens is 250 g/mol. The Kier molecular flexibility index (Phi) is 7.97. The minimum Gasteiger partial charge on any atom is -0.396 e. The highest BCUT2D eigenvalue weighted by Gasteiger charge is 2.11. The summed E-state index contributed by atoms with van der Waals surface area (Å²) in [6.45, 7) is 5.64. The molecule has 1 aromatic rings. The molecule has 3 nitrogen and oxygen atoms in total. The van der Waals surface area contributed by atoms with Crippen molar-refractivity contribution in [1.82, 2.24) is 4.90 Å². The number of rotatable bonds is 9. The van der Waals surface area contributed by atoms with E-state index in [1.807, 2.05) is 6.92 Å². The highest BCUT2D eigenvalue weighted by atomic mass is 16.3. The first-order valence-corrected chi connectivity index (χ1v) is 7.67. The molecule has 0 aliphatic heterocycles. The van der Waals surface area contributed by atoms with Gasteiger partial charge in [0, 0.05) is 19.7 Å². The number of benzene rings is 1. The fourth-order valence-corrected chi connectivity index (χ4v) is 2.21. The first-order chi connectivity index (χ1) is 9.71. The third-order valence-electron chi connectivity index (χ3n) is 3.52. The van der Waals surface area contributed by atoms with Crippen LogP contribution < -0.4 is 0 Å². The number of unbranched alkanes of at least 4 members (excludes halogenated alkanes) is 1. The second-order valence-corrected chi connectivity index (χ2v) is 5.15. The maximum absolute atomic E-state index is 12.2. The molecule has 0 saturated carbocycles. The molecule has 3 heteroatoms. The van der Waals surface area contributed by atoms with Crippen molar-refractivity contribution in [3.63, 3.8) is 0 Å². The molecule has 0 heterocycles. The highest BCUT2D eigenvalue weighted by molar-refractivity contribution is 5.78. The van der Waals surface area contributed by atoms with Gasteiger partial charge in [-0.2, -0.15) is 0 Å². The highest BCUT2D eigenvalue weighted by Crippen LogP contribution is 2.09. The van der Waals surface area contributed by atoms with E-state index in [-0.39, 0.29) is 12.5 Å². The Morgan fingerprint density at radius 2 is 1.75 bits per heavy atom. The van der Waals surface area contributed by atoms with Gasteiger partial charge in [0.15, 0.2) is 0 Å². The molecule has 112 valence electrons. The molecule has 0 atom stereocenters. The topological polar surface area (TPSA) is 40.5 Å². The zero-order chi connectivity index (χ0) is 14.8. The summed E-state index contributed by atoms with van der Waals surface area (Å²) >= 11 is 0. The molecule has 0 aliphatic rings. The number of carbonyl (C=O) groups is 1. The van der Waals surface area contributed by atoms with E-state index in [1.165, 1.54) is 18.4 Å². The van der Waals surface area contributed by atoms with E-state index in [4.69, 9.17) is 5.11 Å². The number of nitrogens with zero attached hydrogens (tertiary/aromatic N) is 1. The predicted molar refractivity (Wildman–Crippen MR) is 82.7 cm³/mol. The minimum atomic E-state index is 0.135. The van der Waals surface area contributed by atoms with Crippen LogP contribution in [0.25, 0.3) is 0 Å². The van der Waals surface area contributed by atoms with Gasteiger partial charge >= 0.3 is 0 Å². The van der Waals surface area contributed by atoms with E-state index in [0.29, 0.717) is 25.9 Å². The summed E-state index contributed by atoms with van der Waals surface area (Å²) in [5, 5.41) is 8.85. The number of aryl methyl sites for hydroxylation is 1. The Balaban J connectivity index is 2.52. The van der Waals surface area contributed by atoms with Crippen LogP contribution in [-0.2, 0) is 17.6 Å². The molecule has 20 heavy (non-hydrogen) atoms. The van der Waals surface area contributed by atoms with Crippen LogP contribution in [0.3, 0.4) is 0 Å². The Hall–Kier alpha value is -1.35. The molecule has 1 rings (SSSR count). The van der Waals surface area contributed by atoms with E-state index in [0.717, 1.165) is 12.0 Å². The molecule has 1 N–H and O–H groups in total. The molecule has 1 aromatic carbocycles. The molecule has 0 radical (unpaired) electrons. The average molecular weight is 277 g/mol. The van der Waals surface area contributed by atoms with Crippen molar-refractivity contribution < 1.29 is 9.90 Å². The summed E-state index contributed by atoms with van der Waals surface area (Å²) in [6, 6.07) is 8.37. The van der Waals surface area contributed by atoms with Crippen molar-refractivity contribution in [2.45, 2.75) is 46.0 Å². The Labute approximate surface area is 122 Å². The third kappa shape index (κ3) is 5.74. The van der Waals surface area contributed by atoms with Gasteiger partial charge in [0.05, 0.1) is 6.42 Å². The maximum Gasteiger partial charge on any atom is 0.226 e. The van der Waals surface area contributed by atoms with Crippen LogP contribution in [0.1, 0.15) is 44.2 Å². The van der Waals surface area contributed by atoms with Gasteiger partial charge in [0.25, 0.3) is 0 Å². The van der Waals surface area contributed by atoms with Crippen molar-refractivity contribution in [1.29, 1.82) is 0 Å². The minimum absolute atomic E-state index is 0.135. The van der Waals surface area contributed by atoms with Gasteiger partial charge in [0.1, 0.15) is 0 Å². The summed E-state index contributed by atoms with van der Waals surface area (Å²) in [7, 11) is 0. The van der Waals surface area contributed by atoms with Crippen molar-refractivity contribution in [3.8, 4) is 0 Å². The van der Waals surface area contributed by atoms with Crippen LogP contribution in [0.5, 0.6) is 0 Å².